The monoisotopic (exact) mass is 308 g/mol. The molecule has 1 rings (SSSR count). The molecular weight excluding hydrogens is 291 g/mol. The van der Waals surface area contributed by atoms with Gasteiger partial charge in [-0.3, -0.25) is 0 Å². The molecule has 0 radical (unpaired) electrons. The molecular formula is C11H17F5O4. The number of alkyl halides is 5. The van der Waals surface area contributed by atoms with Gasteiger partial charge in [-0.15, -0.1) is 0 Å². The fraction of sp³-hybridized carbons (Fsp3) is 1.00. The van der Waals surface area contributed by atoms with Gasteiger partial charge < -0.3 is 19.7 Å². The van der Waals surface area contributed by atoms with Crippen LogP contribution in [0.5, 0.6) is 0 Å². The highest BCUT2D eigenvalue weighted by molar-refractivity contribution is 5.05. The zero-order valence-electron chi connectivity index (χ0n) is 11.0. The van der Waals surface area contributed by atoms with Crippen LogP contribution in [0.15, 0.2) is 0 Å². The number of rotatable bonds is 5. The summed E-state index contributed by atoms with van der Waals surface area (Å²) in [4.78, 5) is 0. The van der Waals surface area contributed by atoms with Crippen LogP contribution in [0, 0.1) is 5.92 Å². The third-order valence-electron chi connectivity index (χ3n) is 3.26. The quantitative estimate of drug-likeness (QED) is 0.759. The zero-order valence-corrected chi connectivity index (χ0v) is 11.0. The van der Waals surface area contributed by atoms with E-state index in [-0.39, 0.29) is 12.5 Å². The Kier molecular flexibility index (Phi) is 5.00. The lowest BCUT2D eigenvalue weighted by Crippen LogP contribution is -2.59. The second-order valence-electron chi connectivity index (χ2n) is 4.92. The smallest absolute Gasteiger partial charge is 0.384 e. The first-order valence-electron chi connectivity index (χ1n) is 6.08. The Morgan fingerprint density at radius 1 is 1.35 bits per heavy atom. The maximum Gasteiger partial charge on any atom is 0.449 e. The summed E-state index contributed by atoms with van der Waals surface area (Å²) in [7, 11) is 0. The van der Waals surface area contributed by atoms with Gasteiger partial charge in [0, 0.05) is 6.61 Å². The van der Waals surface area contributed by atoms with Crippen molar-refractivity contribution >= 4 is 0 Å². The van der Waals surface area contributed by atoms with Crippen LogP contribution in [0.2, 0.25) is 0 Å². The van der Waals surface area contributed by atoms with Gasteiger partial charge in [-0.1, -0.05) is 20.3 Å². The van der Waals surface area contributed by atoms with Crippen molar-refractivity contribution in [1.82, 2.24) is 0 Å². The molecule has 0 saturated carbocycles. The number of aliphatic hydroxyl groups is 2. The summed E-state index contributed by atoms with van der Waals surface area (Å²) in [5.41, 5.74) is 0. The predicted molar refractivity (Wildman–Crippen MR) is 57.1 cm³/mol. The highest BCUT2D eigenvalue weighted by Gasteiger charge is 2.79. The van der Waals surface area contributed by atoms with Gasteiger partial charge in [0.15, 0.2) is 6.10 Å². The fourth-order valence-corrected chi connectivity index (χ4v) is 1.68. The van der Waals surface area contributed by atoms with Crippen LogP contribution in [0.4, 0.5) is 22.0 Å². The average Bonchev–Trinajstić information content (AvgIpc) is 2.50. The van der Waals surface area contributed by atoms with Crippen molar-refractivity contribution in [2.45, 2.75) is 50.4 Å². The third kappa shape index (κ3) is 2.90. The summed E-state index contributed by atoms with van der Waals surface area (Å²) >= 11 is 0. The summed E-state index contributed by atoms with van der Waals surface area (Å²) in [6, 6.07) is 0. The predicted octanol–water partition coefficient (Wildman–Crippen LogP) is 1.70. The molecule has 1 heterocycles. The molecule has 0 aromatic carbocycles. The molecule has 4 unspecified atom stereocenters. The summed E-state index contributed by atoms with van der Waals surface area (Å²) in [6.45, 7) is 3.11. The van der Waals surface area contributed by atoms with E-state index in [1.165, 1.54) is 0 Å². The van der Waals surface area contributed by atoms with E-state index >= 15 is 0 Å². The Bertz CT molecular complexity index is 335. The van der Waals surface area contributed by atoms with Gasteiger partial charge in [0.05, 0.1) is 6.61 Å². The van der Waals surface area contributed by atoms with E-state index < -0.39 is 36.7 Å². The Hall–Kier alpha value is -0.510. The van der Waals surface area contributed by atoms with E-state index in [2.05, 4.69) is 4.74 Å². The highest BCUT2D eigenvalue weighted by atomic mass is 19.4. The lowest BCUT2D eigenvalue weighted by molar-refractivity contribution is -0.409. The summed E-state index contributed by atoms with van der Waals surface area (Å²) in [5.74, 6) is -9.49. The molecule has 0 spiro atoms. The van der Waals surface area contributed by atoms with Crippen LogP contribution < -0.4 is 0 Å². The number of ether oxygens (including phenoxy) is 2. The Labute approximate surface area is 112 Å². The molecule has 4 atom stereocenters. The first-order chi connectivity index (χ1) is 8.97. The van der Waals surface area contributed by atoms with E-state index in [0.717, 1.165) is 6.42 Å². The van der Waals surface area contributed by atoms with Crippen LogP contribution in [-0.4, -0.2) is 53.5 Å². The van der Waals surface area contributed by atoms with E-state index in [1.54, 1.807) is 6.92 Å². The molecule has 0 aliphatic carbocycles. The zero-order chi connectivity index (χ0) is 15.8. The lowest BCUT2D eigenvalue weighted by atomic mass is 10.0. The van der Waals surface area contributed by atoms with Gasteiger partial charge in [0.1, 0.15) is 6.10 Å². The maximum atomic E-state index is 13.4. The number of aliphatic hydroxyl groups excluding tert-OH is 1. The molecule has 4 nitrogen and oxygen atoms in total. The van der Waals surface area contributed by atoms with E-state index in [4.69, 9.17) is 9.84 Å². The van der Waals surface area contributed by atoms with Crippen molar-refractivity contribution in [1.29, 1.82) is 0 Å². The molecule has 1 aliphatic heterocycles. The average molecular weight is 308 g/mol. The van der Waals surface area contributed by atoms with Crippen LogP contribution in [0.1, 0.15) is 20.3 Å². The Morgan fingerprint density at radius 2 is 1.90 bits per heavy atom. The first kappa shape index (κ1) is 17.5. The topological polar surface area (TPSA) is 58.9 Å². The van der Waals surface area contributed by atoms with Gasteiger partial charge in [-0.2, -0.15) is 22.0 Å². The molecule has 1 saturated heterocycles. The van der Waals surface area contributed by atoms with E-state index in [0.29, 0.717) is 0 Å². The number of halogens is 5. The van der Waals surface area contributed by atoms with Crippen LogP contribution in [-0.2, 0) is 9.47 Å². The van der Waals surface area contributed by atoms with Crippen molar-refractivity contribution in [2.75, 3.05) is 13.2 Å². The van der Waals surface area contributed by atoms with Crippen molar-refractivity contribution in [3.05, 3.63) is 0 Å². The maximum absolute atomic E-state index is 13.4. The van der Waals surface area contributed by atoms with Crippen molar-refractivity contribution in [2.24, 2.45) is 5.92 Å². The van der Waals surface area contributed by atoms with E-state index in [1.807, 2.05) is 6.92 Å². The Morgan fingerprint density at radius 3 is 2.30 bits per heavy atom. The SMILES string of the molecule is CCC(C)COCC1OC(O)(C(F)(F)F)C(F)(F)C1O. The largest absolute Gasteiger partial charge is 0.449 e. The fourth-order valence-electron chi connectivity index (χ4n) is 1.68. The van der Waals surface area contributed by atoms with E-state index in [9.17, 15) is 27.1 Å². The molecule has 0 aromatic rings. The van der Waals surface area contributed by atoms with Crippen molar-refractivity contribution < 1.29 is 41.6 Å². The second-order valence-corrected chi connectivity index (χ2v) is 4.92. The summed E-state index contributed by atoms with van der Waals surface area (Å²) < 4.78 is 73.1. The van der Waals surface area contributed by atoms with Crippen molar-refractivity contribution in [3.63, 3.8) is 0 Å². The van der Waals surface area contributed by atoms with Gasteiger partial charge >= 0.3 is 17.9 Å². The van der Waals surface area contributed by atoms with Gasteiger partial charge in [-0.25, -0.2) is 0 Å². The van der Waals surface area contributed by atoms with Gasteiger partial charge in [-0.05, 0) is 5.92 Å². The minimum atomic E-state index is -5.73. The lowest BCUT2D eigenvalue weighted by Gasteiger charge is -2.30. The minimum Gasteiger partial charge on any atom is -0.384 e. The van der Waals surface area contributed by atoms with Crippen LogP contribution in [0.25, 0.3) is 0 Å². The standard InChI is InChI=1S/C11H17F5O4/c1-3-6(2)4-19-5-7-8(17)9(12,13)10(18,20-7)11(14,15)16/h6-8,17-18H,3-5H2,1-2H3. The minimum absolute atomic E-state index is 0.0792. The third-order valence-corrected chi connectivity index (χ3v) is 3.26. The van der Waals surface area contributed by atoms with Gasteiger partial charge in [0.2, 0.25) is 0 Å². The normalized spacial score (nSPS) is 35.2. The molecule has 1 fully saturated rings. The molecule has 120 valence electrons. The summed E-state index contributed by atoms with van der Waals surface area (Å²) in [6.07, 6.45) is -9.76. The molecule has 0 aromatic heterocycles. The van der Waals surface area contributed by atoms with Crippen molar-refractivity contribution in [3.8, 4) is 0 Å². The number of hydrogen-bond acceptors (Lipinski definition) is 4. The molecule has 0 amide bonds. The first-order valence-corrected chi connectivity index (χ1v) is 6.08. The Balaban J connectivity index is 2.74. The summed E-state index contributed by atoms with van der Waals surface area (Å²) in [5, 5.41) is 18.3. The second kappa shape index (κ2) is 5.70. The molecule has 0 bridgehead atoms. The molecule has 20 heavy (non-hydrogen) atoms. The molecule has 1 aliphatic rings. The van der Waals surface area contributed by atoms with Crippen LogP contribution >= 0.6 is 0 Å². The number of hydrogen-bond donors (Lipinski definition) is 2. The molecule has 2 N–H and O–H groups in total. The van der Waals surface area contributed by atoms with Gasteiger partial charge in [0.25, 0.3) is 0 Å². The molecule has 9 heteroatoms. The van der Waals surface area contributed by atoms with Crippen LogP contribution in [0.3, 0.4) is 0 Å². The highest BCUT2D eigenvalue weighted by Crippen LogP contribution is 2.51.